The number of rotatable bonds is 7. The van der Waals surface area contributed by atoms with Crippen LogP contribution in [-0.4, -0.2) is 63.8 Å². The molecule has 1 saturated heterocycles. The molecule has 1 atom stereocenters. The van der Waals surface area contributed by atoms with E-state index in [1.807, 2.05) is 41.9 Å². The van der Waals surface area contributed by atoms with Crippen molar-refractivity contribution < 1.29 is 13.2 Å². The Morgan fingerprint density at radius 3 is 2.55 bits per heavy atom. The molecular formula is C22H30N4O3S2. The zero-order chi connectivity index (χ0) is 21.8. The molecule has 0 bridgehead atoms. The third-order valence-electron chi connectivity index (χ3n) is 6.22. The number of thioether (sulfide) groups is 1. The smallest absolute Gasteiger partial charge is 0.233 e. The highest BCUT2D eigenvalue weighted by Crippen LogP contribution is 2.33. The van der Waals surface area contributed by atoms with Crippen LogP contribution < -0.4 is 0 Å². The maximum Gasteiger partial charge on any atom is 0.233 e. The molecule has 1 amide bonds. The molecule has 0 unspecified atom stereocenters. The number of amides is 1. The van der Waals surface area contributed by atoms with Crippen molar-refractivity contribution in [3.63, 3.8) is 0 Å². The fraction of sp³-hybridized carbons (Fsp3) is 0.591. The minimum atomic E-state index is -3.03. The van der Waals surface area contributed by atoms with Crippen LogP contribution in [0.2, 0.25) is 0 Å². The van der Waals surface area contributed by atoms with Gasteiger partial charge < -0.3 is 4.90 Å². The van der Waals surface area contributed by atoms with Crippen molar-refractivity contribution in [3.05, 3.63) is 36.2 Å². The highest BCUT2D eigenvalue weighted by atomic mass is 32.2. The van der Waals surface area contributed by atoms with E-state index in [-0.39, 0.29) is 29.2 Å². The van der Waals surface area contributed by atoms with Gasteiger partial charge in [0.2, 0.25) is 11.1 Å². The first-order chi connectivity index (χ1) is 15.0. The van der Waals surface area contributed by atoms with Crippen molar-refractivity contribution in [1.82, 2.24) is 19.7 Å². The van der Waals surface area contributed by atoms with Crippen molar-refractivity contribution in [2.24, 2.45) is 0 Å². The van der Waals surface area contributed by atoms with E-state index >= 15 is 0 Å². The zero-order valence-corrected chi connectivity index (χ0v) is 19.6. The number of benzene rings is 1. The van der Waals surface area contributed by atoms with E-state index in [1.165, 1.54) is 31.0 Å². The van der Waals surface area contributed by atoms with Crippen molar-refractivity contribution in [2.75, 3.05) is 23.8 Å². The molecule has 1 aliphatic heterocycles. The minimum absolute atomic E-state index is 0.0510. The average molecular weight is 463 g/mol. The van der Waals surface area contributed by atoms with Gasteiger partial charge in [0.1, 0.15) is 5.82 Å². The van der Waals surface area contributed by atoms with Gasteiger partial charge in [0.15, 0.2) is 9.84 Å². The van der Waals surface area contributed by atoms with E-state index in [9.17, 15) is 13.2 Å². The lowest BCUT2D eigenvalue weighted by molar-refractivity contribution is -0.129. The van der Waals surface area contributed by atoms with Crippen molar-refractivity contribution >= 4 is 27.5 Å². The number of nitrogens with zero attached hydrogens (tertiary/aromatic N) is 4. The van der Waals surface area contributed by atoms with Crippen LogP contribution in [0.1, 0.15) is 57.2 Å². The molecule has 2 heterocycles. The fourth-order valence-electron chi connectivity index (χ4n) is 4.62. The molecule has 2 aromatic rings. The minimum Gasteiger partial charge on any atom is -0.338 e. The SMILES string of the molecule is CCN(C(=O)CSc1nc(C2CCCCC2)n(-c2ccccc2)n1)[C@H]1CCS(=O)(=O)C1. The molecule has 9 heteroatoms. The summed E-state index contributed by atoms with van der Waals surface area (Å²) in [6.45, 7) is 2.41. The Kier molecular flexibility index (Phi) is 7.01. The third kappa shape index (κ3) is 5.31. The maximum absolute atomic E-state index is 12.9. The molecule has 1 aromatic heterocycles. The maximum atomic E-state index is 12.9. The van der Waals surface area contributed by atoms with Crippen LogP contribution >= 0.6 is 11.8 Å². The predicted octanol–water partition coefficient (Wildman–Crippen LogP) is 3.44. The Labute approximate surface area is 188 Å². The summed E-state index contributed by atoms with van der Waals surface area (Å²) in [7, 11) is -3.03. The first kappa shape index (κ1) is 22.3. The van der Waals surface area contributed by atoms with Crippen LogP contribution in [0.15, 0.2) is 35.5 Å². The number of para-hydroxylation sites is 1. The number of carbonyl (C=O) groups excluding carboxylic acids is 1. The van der Waals surface area contributed by atoms with E-state index < -0.39 is 9.84 Å². The van der Waals surface area contributed by atoms with Crippen molar-refractivity contribution in [2.45, 2.75) is 62.6 Å². The van der Waals surface area contributed by atoms with Gasteiger partial charge in [-0.25, -0.2) is 18.1 Å². The molecule has 31 heavy (non-hydrogen) atoms. The Bertz CT molecular complexity index is 1000. The van der Waals surface area contributed by atoms with Crippen molar-refractivity contribution in [1.29, 1.82) is 0 Å². The van der Waals surface area contributed by atoms with E-state index in [2.05, 4.69) is 0 Å². The number of hydrogen-bond acceptors (Lipinski definition) is 6. The Morgan fingerprint density at radius 2 is 1.90 bits per heavy atom. The summed E-state index contributed by atoms with van der Waals surface area (Å²) in [6.07, 6.45) is 6.46. The van der Waals surface area contributed by atoms with Crippen LogP contribution in [0, 0.1) is 0 Å². The normalized spacial score (nSPS) is 21.3. The monoisotopic (exact) mass is 462 g/mol. The lowest BCUT2D eigenvalue weighted by Crippen LogP contribution is -2.41. The van der Waals surface area contributed by atoms with Gasteiger partial charge in [-0.1, -0.05) is 49.2 Å². The highest BCUT2D eigenvalue weighted by molar-refractivity contribution is 7.99. The van der Waals surface area contributed by atoms with Crippen LogP contribution in [-0.2, 0) is 14.6 Å². The zero-order valence-electron chi connectivity index (χ0n) is 17.9. The van der Waals surface area contributed by atoms with Crippen LogP contribution in [0.3, 0.4) is 0 Å². The average Bonchev–Trinajstić information content (AvgIpc) is 3.37. The van der Waals surface area contributed by atoms with Gasteiger partial charge in [-0.15, -0.1) is 5.10 Å². The van der Waals surface area contributed by atoms with Gasteiger partial charge in [0.05, 0.1) is 22.9 Å². The summed E-state index contributed by atoms with van der Waals surface area (Å²) in [5.41, 5.74) is 0.986. The number of sulfone groups is 1. The third-order valence-corrected chi connectivity index (χ3v) is 8.79. The fourth-order valence-corrected chi connectivity index (χ4v) is 7.06. The topological polar surface area (TPSA) is 85.2 Å². The molecule has 7 nitrogen and oxygen atoms in total. The summed E-state index contributed by atoms with van der Waals surface area (Å²) < 4.78 is 25.6. The second-order valence-electron chi connectivity index (χ2n) is 8.36. The van der Waals surface area contributed by atoms with Gasteiger partial charge in [0, 0.05) is 18.5 Å². The van der Waals surface area contributed by atoms with E-state index in [0.717, 1.165) is 24.4 Å². The Hall–Kier alpha value is -1.87. The molecule has 1 aromatic carbocycles. The predicted molar refractivity (Wildman–Crippen MR) is 122 cm³/mol. The van der Waals surface area contributed by atoms with E-state index in [1.54, 1.807) is 4.90 Å². The molecule has 1 aliphatic carbocycles. The molecular weight excluding hydrogens is 432 g/mol. The summed E-state index contributed by atoms with van der Waals surface area (Å²) in [4.78, 5) is 19.4. The molecule has 168 valence electrons. The molecule has 2 fully saturated rings. The second-order valence-corrected chi connectivity index (χ2v) is 11.5. The first-order valence-corrected chi connectivity index (χ1v) is 13.9. The van der Waals surface area contributed by atoms with Crippen molar-refractivity contribution in [3.8, 4) is 5.69 Å². The van der Waals surface area contributed by atoms with Gasteiger partial charge in [-0.3, -0.25) is 4.79 Å². The molecule has 0 N–H and O–H groups in total. The quantitative estimate of drug-likeness (QED) is 0.586. The first-order valence-electron chi connectivity index (χ1n) is 11.1. The molecule has 0 spiro atoms. The number of aromatic nitrogens is 3. The molecule has 4 rings (SSSR count). The molecule has 0 radical (unpaired) electrons. The van der Waals surface area contributed by atoms with E-state index in [4.69, 9.17) is 10.1 Å². The second kappa shape index (κ2) is 9.73. The summed E-state index contributed by atoms with van der Waals surface area (Å²) in [5, 5.41) is 5.34. The van der Waals surface area contributed by atoms with Crippen LogP contribution in [0.25, 0.3) is 5.69 Å². The highest BCUT2D eigenvalue weighted by Gasteiger charge is 2.34. The summed E-state index contributed by atoms with van der Waals surface area (Å²) >= 11 is 1.34. The molecule has 2 aliphatic rings. The number of carbonyl (C=O) groups is 1. The standard InChI is InChI=1S/C22H30N4O3S2/c1-2-25(19-13-14-31(28,29)16-19)20(27)15-30-22-23-21(17-9-5-3-6-10-17)26(24-22)18-11-7-4-8-12-18/h4,7-8,11-12,17,19H,2-3,5-6,9-10,13-16H2,1H3/t19-/m0/s1. The number of hydrogen-bond donors (Lipinski definition) is 0. The lowest BCUT2D eigenvalue weighted by Gasteiger charge is -2.26. The van der Waals surface area contributed by atoms with Crippen LogP contribution in [0.4, 0.5) is 0 Å². The van der Waals surface area contributed by atoms with Gasteiger partial charge in [0.25, 0.3) is 0 Å². The largest absolute Gasteiger partial charge is 0.338 e. The van der Waals surface area contributed by atoms with Gasteiger partial charge in [-0.2, -0.15) is 0 Å². The summed E-state index contributed by atoms with van der Waals surface area (Å²) in [5.74, 6) is 1.78. The Balaban J connectivity index is 1.49. The van der Waals surface area contributed by atoms with Gasteiger partial charge >= 0.3 is 0 Å². The van der Waals surface area contributed by atoms with Gasteiger partial charge in [-0.05, 0) is 38.3 Å². The lowest BCUT2D eigenvalue weighted by atomic mass is 9.88. The Morgan fingerprint density at radius 1 is 1.16 bits per heavy atom. The summed E-state index contributed by atoms with van der Waals surface area (Å²) in [6, 6.07) is 9.81. The van der Waals surface area contributed by atoms with Crippen LogP contribution in [0.5, 0.6) is 0 Å². The molecule has 1 saturated carbocycles. The van der Waals surface area contributed by atoms with E-state index in [0.29, 0.717) is 24.0 Å².